The highest BCUT2D eigenvalue weighted by Gasteiger charge is 2.09. The molecule has 0 N–H and O–H groups in total. The van der Waals surface area contributed by atoms with Crippen molar-refractivity contribution >= 4 is 31.2 Å². The predicted octanol–water partition coefficient (Wildman–Crippen LogP) is 2.27. The van der Waals surface area contributed by atoms with E-state index in [0.717, 1.165) is 4.90 Å². The Morgan fingerprint density at radius 1 is 1.12 bits per heavy atom. The lowest BCUT2D eigenvalue weighted by atomic mass is 10.2. The van der Waals surface area contributed by atoms with E-state index in [4.69, 9.17) is 4.74 Å². The number of benzene rings is 1. The molecule has 0 aliphatic carbocycles. The summed E-state index contributed by atoms with van der Waals surface area (Å²) >= 11 is 8.08. The van der Waals surface area contributed by atoms with Crippen LogP contribution in [-0.4, -0.2) is 15.9 Å². The van der Waals surface area contributed by atoms with E-state index < -0.39 is 5.97 Å². The number of carbonyl (C=O) groups excluding carboxylic acids is 1. The van der Waals surface area contributed by atoms with E-state index in [1.807, 2.05) is 0 Å². The van der Waals surface area contributed by atoms with Crippen LogP contribution < -0.4 is 4.74 Å². The van der Waals surface area contributed by atoms with Gasteiger partial charge in [0.25, 0.3) is 0 Å². The minimum atomic E-state index is -0.482. The molecule has 4 nitrogen and oxygen atoms in total. The van der Waals surface area contributed by atoms with Gasteiger partial charge < -0.3 is 4.74 Å². The SMILES string of the molecule is O=C(Oc1ccnc(S)n1)c1ccc(S)cc1. The number of carbonyl (C=O) groups is 1. The molecule has 86 valence electrons. The maximum Gasteiger partial charge on any atom is 0.344 e. The molecule has 0 radical (unpaired) electrons. The van der Waals surface area contributed by atoms with Gasteiger partial charge in [0, 0.05) is 17.2 Å². The third-order valence-electron chi connectivity index (χ3n) is 1.92. The van der Waals surface area contributed by atoms with E-state index in [1.165, 1.54) is 12.3 Å². The molecule has 0 amide bonds. The van der Waals surface area contributed by atoms with Gasteiger partial charge in [0.05, 0.1) is 5.56 Å². The normalized spacial score (nSPS) is 10.0. The number of nitrogens with zero attached hydrogens (tertiary/aromatic N) is 2. The first-order valence-corrected chi connectivity index (χ1v) is 5.58. The average Bonchev–Trinajstić information content (AvgIpc) is 2.29. The number of esters is 1. The summed E-state index contributed by atoms with van der Waals surface area (Å²) in [5.74, 6) is -0.310. The van der Waals surface area contributed by atoms with Crippen LogP contribution in [0.25, 0.3) is 0 Å². The summed E-state index contributed by atoms with van der Waals surface area (Å²) in [6, 6.07) is 8.18. The monoisotopic (exact) mass is 264 g/mol. The van der Waals surface area contributed by atoms with Crippen LogP contribution in [0.4, 0.5) is 0 Å². The van der Waals surface area contributed by atoms with E-state index in [1.54, 1.807) is 24.3 Å². The Labute approximate surface area is 109 Å². The molecule has 0 unspecified atom stereocenters. The number of ether oxygens (including phenoxy) is 1. The van der Waals surface area contributed by atoms with Gasteiger partial charge in [-0.2, -0.15) is 4.98 Å². The number of hydrogen-bond donors (Lipinski definition) is 2. The van der Waals surface area contributed by atoms with E-state index in [9.17, 15) is 4.79 Å². The fourth-order valence-electron chi connectivity index (χ4n) is 1.14. The molecule has 0 fully saturated rings. The Hall–Kier alpha value is -1.53. The van der Waals surface area contributed by atoms with Crippen LogP contribution in [-0.2, 0) is 0 Å². The van der Waals surface area contributed by atoms with Crippen LogP contribution in [0.15, 0.2) is 46.6 Å². The lowest BCUT2D eigenvalue weighted by Crippen LogP contribution is -2.09. The van der Waals surface area contributed by atoms with Gasteiger partial charge in [-0.15, -0.1) is 25.3 Å². The van der Waals surface area contributed by atoms with Crippen LogP contribution in [0.5, 0.6) is 5.88 Å². The molecule has 0 atom stereocenters. The number of thiol groups is 2. The van der Waals surface area contributed by atoms with E-state index in [2.05, 4.69) is 35.2 Å². The molecule has 2 rings (SSSR count). The number of hydrogen-bond acceptors (Lipinski definition) is 6. The second-order valence-corrected chi connectivity index (χ2v) is 4.05. The molecule has 1 heterocycles. The maximum absolute atomic E-state index is 11.7. The van der Waals surface area contributed by atoms with Gasteiger partial charge in [-0.05, 0) is 24.3 Å². The van der Waals surface area contributed by atoms with Crippen molar-refractivity contribution < 1.29 is 9.53 Å². The smallest absolute Gasteiger partial charge is 0.344 e. The minimum Gasteiger partial charge on any atom is -0.404 e. The minimum absolute atomic E-state index is 0.171. The van der Waals surface area contributed by atoms with Gasteiger partial charge >= 0.3 is 5.97 Å². The van der Waals surface area contributed by atoms with E-state index in [-0.39, 0.29) is 11.0 Å². The first-order valence-electron chi connectivity index (χ1n) is 4.68. The van der Waals surface area contributed by atoms with Crippen molar-refractivity contribution in [1.82, 2.24) is 9.97 Å². The van der Waals surface area contributed by atoms with Gasteiger partial charge in [0.1, 0.15) is 0 Å². The van der Waals surface area contributed by atoms with Crippen molar-refractivity contribution in [1.29, 1.82) is 0 Å². The van der Waals surface area contributed by atoms with Crippen LogP contribution in [0.3, 0.4) is 0 Å². The van der Waals surface area contributed by atoms with Crippen molar-refractivity contribution in [2.24, 2.45) is 0 Å². The lowest BCUT2D eigenvalue weighted by molar-refractivity contribution is 0.0726. The highest BCUT2D eigenvalue weighted by molar-refractivity contribution is 7.80. The third-order valence-corrected chi connectivity index (χ3v) is 2.43. The molecule has 0 spiro atoms. The summed E-state index contributed by atoms with van der Waals surface area (Å²) in [6.45, 7) is 0. The Morgan fingerprint density at radius 3 is 2.47 bits per heavy atom. The van der Waals surface area contributed by atoms with Crippen molar-refractivity contribution in [2.45, 2.75) is 10.1 Å². The van der Waals surface area contributed by atoms with E-state index >= 15 is 0 Å². The van der Waals surface area contributed by atoms with Gasteiger partial charge in [-0.25, -0.2) is 9.78 Å². The highest BCUT2D eigenvalue weighted by atomic mass is 32.1. The van der Waals surface area contributed by atoms with Crippen LogP contribution in [0.2, 0.25) is 0 Å². The Bertz CT molecular complexity index is 543. The van der Waals surface area contributed by atoms with Crippen LogP contribution >= 0.6 is 25.3 Å². The fourth-order valence-corrected chi connectivity index (χ4v) is 1.45. The molecule has 1 aromatic heterocycles. The fraction of sp³-hybridized carbons (Fsp3) is 0. The highest BCUT2D eigenvalue weighted by Crippen LogP contribution is 2.12. The molecule has 6 heteroatoms. The van der Waals surface area contributed by atoms with Gasteiger partial charge in [-0.1, -0.05) is 0 Å². The predicted molar refractivity (Wildman–Crippen MR) is 67.9 cm³/mol. The quantitative estimate of drug-likeness (QED) is 0.496. The Morgan fingerprint density at radius 2 is 1.82 bits per heavy atom. The molecule has 0 saturated carbocycles. The molecule has 0 aliphatic heterocycles. The molecule has 1 aromatic carbocycles. The number of rotatable bonds is 2. The van der Waals surface area contributed by atoms with Crippen molar-refractivity contribution in [2.75, 3.05) is 0 Å². The average molecular weight is 264 g/mol. The Balaban J connectivity index is 2.14. The summed E-state index contributed by atoms with van der Waals surface area (Å²) in [7, 11) is 0. The van der Waals surface area contributed by atoms with Crippen molar-refractivity contribution in [3.63, 3.8) is 0 Å². The summed E-state index contributed by atoms with van der Waals surface area (Å²) < 4.78 is 5.06. The molecule has 2 aromatic rings. The van der Waals surface area contributed by atoms with Crippen molar-refractivity contribution in [3.05, 3.63) is 42.1 Å². The first-order chi connectivity index (χ1) is 8.15. The lowest BCUT2D eigenvalue weighted by Gasteiger charge is -2.03. The van der Waals surface area contributed by atoms with Crippen LogP contribution in [0.1, 0.15) is 10.4 Å². The molecular weight excluding hydrogens is 256 g/mol. The summed E-state index contributed by atoms with van der Waals surface area (Å²) in [5, 5.41) is 0.251. The zero-order valence-corrected chi connectivity index (χ0v) is 10.4. The van der Waals surface area contributed by atoms with Gasteiger partial charge in [0.15, 0.2) is 5.16 Å². The third kappa shape index (κ3) is 3.21. The van der Waals surface area contributed by atoms with Gasteiger partial charge in [-0.3, -0.25) is 0 Å². The van der Waals surface area contributed by atoms with E-state index in [0.29, 0.717) is 5.56 Å². The molecular formula is C11H8N2O2S2. The topological polar surface area (TPSA) is 52.1 Å². The Kier molecular flexibility index (Phi) is 3.65. The summed E-state index contributed by atoms with van der Waals surface area (Å²) in [5.41, 5.74) is 0.433. The molecule has 0 aliphatic rings. The summed E-state index contributed by atoms with van der Waals surface area (Å²) in [4.78, 5) is 20.1. The molecule has 0 bridgehead atoms. The maximum atomic E-state index is 11.7. The largest absolute Gasteiger partial charge is 0.404 e. The van der Waals surface area contributed by atoms with Crippen LogP contribution in [0, 0.1) is 0 Å². The first kappa shape index (κ1) is 11.9. The second-order valence-electron chi connectivity index (χ2n) is 3.13. The van der Waals surface area contributed by atoms with Gasteiger partial charge in [0.2, 0.25) is 5.88 Å². The van der Waals surface area contributed by atoms with Crippen molar-refractivity contribution in [3.8, 4) is 5.88 Å². The zero-order valence-electron chi connectivity index (χ0n) is 8.57. The number of aromatic nitrogens is 2. The molecule has 17 heavy (non-hydrogen) atoms. The summed E-state index contributed by atoms with van der Waals surface area (Å²) in [6.07, 6.45) is 1.47. The standard InChI is InChI=1S/C11H8N2O2S2/c14-10(7-1-3-8(16)4-2-7)15-9-5-6-12-11(17)13-9/h1-6,16H,(H,12,13,17). The zero-order chi connectivity index (χ0) is 12.3. The molecule has 0 saturated heterocycles. The second kappa shape index (κ2) is 5.20.